The fraction of sp³-hybridized carbons (Fsp3) is 0.357. The molecular formula is C14H17N3O3. The molecule has 1 aromatic carbocycles. The molecule has 106 valence electrons. The first-order chi connectivity index (χ1) is 9.75. The molecule has 0 saturated carbocycles. The van der Waals surface area contributed by atoms with Gasteiger partial charge < -0.3 is 9.84 Å². The number of ether oxygens (including phenoxy) is 1. The maximum atomic E-state index is 10.6. The van der Waals surface area contributed by atoms with E-state index in [-0.39, 0.29) is 5.69 Å². The molecule has 6 heteroatoms. The van der Waals surface area contributed by atoms with Gasteiger partial charge in [0.25, 0.3) is 0 Å². The summed E-state index contributed by atoms with van der Waals surface area (Å²) in [6.45, 7) is 1.68. The minimum atomic E-state index is -1.07. The second-order valence-electron chi connectivity index (χ2n) is 4.37. The highest BCUT2D eigenvalue weighted by molar-refractivity contribution is 5.84. The first kappa shape index (κ1) is 14.2. The molecule has 0 saturated heterocycles. The van der Waals surface area contributed by atoms with Crippen molar-refractivity contribution in [3.8, 4) is 0 Å². The number of rotatable bonds is 8. The predicted molar refractivity (Wildman–Crippen MR) is 72.6 cm³/mol. The van der Waals surface area contributed by atoms with Crippen molar-refractivity contribution in [3.05, 3.63) is 47.8 Å². The van der Waals surface area contributed by atoms with Crippen molar-refractivity contribution in [1.82, 2.24) is 15.0 Å². The Kier molecular flexibility index (Phi) is 5.25. The number of carbonyl (C=O) groups is 1. The molecule has 0 bridgehead atoms. The quantitative estimate of drug-likeness (QED) is 0.741. The van der Waals surface area contributed by atoms with Gasteiger partial charge in [-0.1, -0.05) is 35.5 Å². The molecule has 2 aromatic rings. The fourth-order valence-corrected chi connectivity index (χ4v) is 1.79. The smallest absolute Gasteiger partial charge is 0.358 e. The summed E-state index contributed by atoms with van der Waals surface area (Å²) in [5.74, 6) is -1.07. The first-order valence-corrected chi connectivity index (χ1v) is 6.51. The molecule has 0 unspecified atom stereocenters. The summed E-state index contributed by atoms with van der Waals surface area (Å²) in [7, 11) is 0. The minimum Gasteiger partial charge on any atom is -0.476 e. The summed E-state index contributed by atoms with van der Waals surface area (Å²) in [5.41, 5.74) is 1.26. The third kappa shape index (κ3) is 4.47. The van der Waals surface area contributed by atoms with E-state index in [1.54, 1.807) is 0 Å². The second-order valence-corrected chi connectivity index (χ2v) is 4.37. The van der Waals surface area contributed by atoms with Gasteiger partial charge in [0.05, 0.1) is 19.3 Å². The van der Waals surface area contributed by atoms with Crippen LogP contribution in [0.25, 0.3) is 0 Å². The molecule has 2 rings (SSSR count). The van der Waals surface area contributed by atoms with Crippen LogP contribution in [-0.4, -0.2) is 39.3 Å². The zero-order valence-electron chi connectivity index (χ0n) is 11.1. The Morgan fingerprint density at radius 2 is 2.05 bits per heavy atom. The Morgan fingerprint density at radius 3 is 2.75 bits per heavy atom. The van der Waals surface area contributed by atoms with Crippen molar-refractivity contribution < 1.29 is 14.6 Å². The molecule has 0 fully saturated rings. The van der Waals surface area contributed by atoms with Gasteiger partial charge in [0.1, 0.15) is 0 Å². The average Bonchev–Trinajstić information content (AvgIpc) is 2.93. The molecule has 0 aliphatic rings. The van der Waals surface area contributed by atoms with Gasteiger partial charge in [-0.05, 0) is 18.4 Å². The van der Waals surface area contributed by atoms with Crippen LogP contribution >= 0.6 is 0 Å². The van der Waals surface area contributed by atoms with E-state index in [9.17, 15) is 4.79 Å². The van der Waals surface area contributed by atoms with Gasteiger partial charge in [-0.3, -0.25) is 0 Å². The summed E-state index contributed by atoms with van der Waals surface area (Å²) in [6, 6.07) is 10.3. The third-order valence-corrected chi connectivity index (χ3v) is 2.82. The van der Waals surface area contributed by atoms with Crippen molar-refractivity contribution in [2.75, 3.05) is 13.2 Å². The van der Waals surface area contributed by atoms with Crippen molar-refractivity contribution in [2.24, 2.45) is 0 Å². The Hall–Kier alpha value is -2.21. The third-order valence-electron chi connectivity index (χ3n) is 2.82. The van der Waals surface area contributed by atoms with Gasteiger partial charge in [-0.25, -0.2) is 9.48 Å². The lowest BCUT2D eigenvalue weighted by molar-refractivity contribution is 0.0690. The summed E-state index contributed by atoms with van der Waals surface area (Å²) in [5, 5.41) is 15.9. The lowest BCUT2D eigenvalue weighted by atomic mass is 10.1. The van der Waals surface area contributed by atoms with Gasteiger partial charge in [0.15, 0.2) is 5.69 Å². The highest BCUT2D eigenvalue weighted by Crippen LogP contribution is 2.02. The van der Waals surface area contributed by atoms with Crippen LogP contribution in [0.3, 0.4) is 0 Å². The van der Waals surface area contributed by atoms with Crippen LogP contribution in [0.4, 0.5) is 0 Å². The molecule has 0 aliphatic heterocycles. The number of hydrogen-bond donors (Lipinski definition) is 1. The van der Waals surface area contributed by atoms with E-state index in [0.29, 0.717) is 19.8 Å². The largest absolute Gasteiger partial charge is 0.476 e. The van der Waals surface area contributed by atoms with E-state index in [1.807, 2.05) is 18.2 Å². The minimum absolute atomic E-state index is 0.0472. The van der Waals surface area contributed by atoms with E-state index in [4.69, 9.17) is 9.84 Å². The number of hydrogen-bond acceptors (Lipinski definition) is 4. The van der Waals surface area contributed by atoms with E-state index >= 15 is 0 Å². The Bertz CT molecular complexity index is 540. The van der Waals surface area contributed by atoms with Gasteiger partial charge in [0.2, 0.25) is 0 Å². The van der Waals surface area contributed by atoms with E-state index in [0.717, 1.165) is 12.8 Å². The van der Waals surface area contributed by atoms with E-state index in [2.05, 4.69) is 22.4 Å². The number of benzene rings is 1. The van der Waals surface area contributed by atoms with Crippen LogP contribution < -0.4 is 0 Å². The number of aromatic carboxylic acids is 1. The zero-order chi connectivity index (χ0) is 14.2. The van der Waals surface area contributed by atoms with Crippen LogP contribution in [0.5, 0.6) is 0 Å². The molecular weight excluding hydrogens is 258 g/mol. The van der Waals surface area contributed by atoms with Crippen LogP contribution in [0, 0.1) is 0 Å². The standard InChI is InChI=1S/C14H17N3O3/c18-14(19)13-11-17(16-15-13)8-10-20-9-4-7-12-5-2-1-3-6-12/h1-3,5-6,11H,4,7-10H2,(H,18,19). The maximum absolute atomic E-state index is 10.6. The monoisotopic (exact) mass is 275 g/mol. The van der Waals surface area contributed by atoms with Crippen LogP contribution in [-0.2, 0) is 17.7 Å². The second kappa shape index (κ2) is 7.40. The first-order valence-electron chi connectivity index (χ1n) is 6.51. The SMILES string of the molecule is O=C(O)c1cn(CCOCCCc2ccccc2)nn1. The lowest BCUT2D eigenvalue weighted by Crippen LogP contribution is -2.08. The highest BCUT2D eigenvalue weighted by Gasteiger charge is 2.07. The fourth-order valence-electron chi connectivity index (χ4n) is 1.79. The Balaban J connectivity index is 1.58. The molecule has 20 heavy (non-hydrogen) atoms. The molecule has 0 amide bonds. The summed E-state index contributed by atoms with van der Waals surface area (Å²) in [6.07, 6.45) is 3.35. The zero-order valence-corrected chi connectivity index (χ0v) is 11.1. The predicted octanol–water partition coefficient (Wildman–Crippen LogP) is 1.63. The number of nitrogens with zero attached hydrogens (tertiary/aromatic N) is 3. The number of carboxylic acid groups (broad SMARTS) is 1. The van der Waals surface area contributed by atoms with Crippen molar-refractivity contribution in [3.63, 3.8) is 0 Å². The van der Waals surface area contributed by atoms with Gasteiger partial charge in [0, 0.05) is 6.61 Å². The van der Waals surface area contributed by atoms with Crippen molar-refractivity contribution >= 4 is 5.97 Å². The van der Waals surface area contributed by atoms with Gasteiger partial charge >= 0.3 is 5.97 Å². The topological polar surface area (TPSA) is 77.2 Å². The summed E-state index contributed by atoms with van der Waals surface area (Å²) in [4.78, 5) is 10.6. The van der Waals surface area contributed by atoms with Crippen molar-refractivity contribution in [2.45, 2.75) is 19.4 Å². The summed E-state index contributed by atoms with van der Waals surface area (Å²) < 4.78 is 6.97. The molecule has 0 spiro atoms. The van der Waals surface area contributed by atoms with Gasteiger partial charge in [-0.2, -0.15) is 0 Å². The Morgan fingerprint density at radius 1 is 1.25 bits per heavy atom. The van der Waals surface area contributed by atoms with Gasteiger partial charge in [-0.15, -0.1) is 5.10 Å². The lowest BCUT2D eigenvalue weighted by Gasteiger charge is -2.04. The van der Waals surface area contributed by atoms with Crippen LogP contribution in [0.15, 0.2) is 36.5 Å². The molecule has 1 heterocycles. The Labute approximate surface area is 117 Å². The molecule has 0 radical (unpaired) electrons. The molecule has 1 aromatic heterocycles. The molecule has 0 aliphatic carbocycles. The normalized spacial score (nSPS) is 10.6. The molecule has 1 N–H and O–H groups in total. The number of aryl methyl sites for hydroxylation is 1. The van der Waals surface area contributed by atoms with Crippen LogP contribution in [0.1, 0.15) is 22.5 Å². The van der Waals surface area contributed by atoms with E-state index < -0.39 is 5.97 Å². The average molecular weight is 275 g/mol. The van der Waals surface area contributed by atoms with Crippen LogP contribution in [0.2, 0.25) is 0 Å². The molecule has 6 nitrogen and oxygen atoms in total. The number of aromatic nitrogens is 3. The van der Waals surface area contributed by atoms with E-state index in [1.165, 1.54) is 16.4 Å². The summed E-state index contributed by atoms with van der Waals surface area (Å²) >= 11 is 0. The highest BCUT2D eigenvalue weighted by atomic mass is 16.5. The van der Waals surface area contributed by atoms with Crippen molar-refractivity contribution in [1.29, 1.82) is 0 Å². The maximum Gasteiger partial charge on any atom is 0.358 e. The molecule has 0 atom stereocenters. The number of carboxylic acids is 1.